The van der Waals surface area contributed by atoms with E-state index in [4.69, 9.17) is 0 Å². The van der Waals surface area contributed by atoms with Crippen molar-refractivity contribution in [1.29, 1.82) is 0 Å². The van der Waals surface area contributed by atoms with Crippen LogP contribution in [0.1, 0.15) is 68.0 Å². The standard InChI is InChI=1S/C30H22.C19H17N.C7H8/c1-19-14-16-24-28(18-19)30(27-17-15-20-8-2-3-9-21(20)29(24)27)25-12-6-4-10-22(25)23-11-5-7-13-26(23)30;1-14-11-12-19-17(13-14)16-9-5-6-10-18(16)20(19)15-7-3-2-4-8-15;1-7-5-3-2-4-6-7/h2-14,16,18H,15,17H2,1H3;2-13,16,18H,1H3;2-6H,1H3. The van der Waals surface area contributed by atoms with E-state index in [-0.39, 0.29) is 5.41 Å². The van der Waals surface area contributed by atoms with Gasteiger partial charge in [0, 0.05) is 17.3 Å². The van der Waals surface area contributed by atoms with Gasteiger partial charge in [0.05, 0.1) is 11.5 Å². The van der Waals surface area contributed by atoms with E-state index in [0.717, 1.165) is 12.8 Å². The first kappa shape index (κ1) is 35.0. The lowest BCUT2D eigenvalue weighted by molar-refractivity contribution is 0.706. The van der Waals surface area contributed by atoms with E-state index in [1.165, 1.54) is 83.7 Å². The van der Waals surface area contributed by atoms with Gasteiger partial charge in [-0.1, -0.05) is 193 Å². The van der Waals surface area contributed by atoms with E-state index in [0.29, 0.717) is 12.0 Å². The predicted molar refractivity (Wildman–Crippen MR) is 239 cm³/mol. The summed E-state index contributed by atoms with van der Waals surface area (Å²) < 4.78 is 0. The molecule has 12 rings (SSSR count). The third kappa shape index (κ3) is 5.67. The maximum absolute atomic E-state index is 2.46. The van der Waals surface area contributed by atoms with E-state index < -0.39 is 0 Å². The van der Waals surface area contributed by atoms with Crippen molar-refractivity contribution in [2.45, 2.75) is 51.0 Å². The van der Waals surface area contributed by atoms with Gasteiger partial charge in [0.2, 0.25) is 0 Å². The van der Waals surface area contributed by atoms with E-state index in [1.54, 1.807) is 5.57 Å². The van der Waals surface area contributed by atoms with E-state index >= 15 is 0 Å². The highest BCUT2D eigenvalue weighted by Crippen LogP contribution is 2.64. The molecule has 0 saturated heterocycles. The first-order chi connectivity index (χ1) is 28.0. The third-order valence-electron chi connectivity index (χ3n) is 12.7. The molecular weight excluding hydrogens is 687 g/mol. The molecule has 0 amide bonds. The van der Waals surface area contributed by atoms with Gasteiger partial charge >= 0.3 is 0 Å². The number of fused-ring (bicyclic) bond motifs is 14. The first-order valence-corrected chi connectivity index (χ1v) is 20.5. The van der Waals surface area contributed by atoms with Gasteiger partial charge in [0.15, 0.2) is 0 Å². The molecule has 5 aliphatic rings. The van der Waals surface area contributed by atoms with E-state index in [1.807, 2.05) is 18.2 Å². The molecule has 1 aliphatic heterocycles. The lowest BCUT2D eigenvalue weighted by Gasteiger charge is -2.34. The smallest absolute Gasteiger partial charge is 0.0688 e. The Labute approximate surface area is 338 Å². The average Bonchev–Trinajstić information content (AvgIpc) is 3.86. The maximum atomic E-state index is 2.46. The SMILES string of the molecule is Cc1ccc2c(c1)C1(C3=C2c2ccccc2CC3)c2ccccc2-c2ccccc21.Cc1ccc2c(c1)C1C=CC=CC1N2c1ccccc1.Cc1ccccc1. The zero-order valence-electron chi connectivity index (χ0n) is 33.0. The molecule has 0 fully saturated rings. The maximum Gasteiger partial charge on any atom is 0.0688 e. The molecule has 276 valence electrons. The Bertz CT molecular complexity index is 2680. The van der Waals surface area contributed by atoms with Crippen LogP contribution in [0, 0.1) is 20.8 Å². The van der Waals surface area contributed by atoms with Crippen LogP contribution in [-0.2, 0) is 11.8 Å². The summed E-state index contributed by atoms with van der Waals surface area (Å²) in [6.45, 7) is 6.48. The Morgan fingerprint density at radius 3 is 1.77 bits per heavy atom. The van der Waals surface area contributed by atoms with Gasteiger partial charge in [0.25, 0.3) is 0 Å². The summed E-state index contributed by atoms with van der Waals surface area (Å²) in [5.41, 5.74) is 22.5. The minimum Gasteiger partial charge on any atom is -0.333 e. The summed E-state index contributed by atoms with van der Waals surface area (Å²) in [5.74, 6) is 0.468. The molecule has 1 heteroatoms. The molecule has 7 aromatic rings. The fourth-order valence-electron chi connectivity index (χ4n) is 10.3. The van der Waals surface area contributed by atoms with Crippen molar-refractivity contribution >= 4 is 16.9 Å². The summed E-state index contributed by atoms with van der Waals surface area (Å²) in [7, 11) is 0. The molecule has 4 aliphatic carbocycles. The molecule has 0 saturated carbocycles. The number of allylic oxidation sites excluding steroid dienone is 3. The first-order valence-electron chi connectivity index (χ1n) is 20.5. The fourth-order valence-corrected chi connectivity index (χ4v) is 10.3. The Balaban J connectivity index is 0.000000126. The van der Waals surface area contributed by atoms with Gasteiger partial charge in [-0.25, -0.2) is 0 Å². The number of rotatable bonds is 1. The van der Waals surface area contributed by atoms with Crippen molar-refractivity contribution in [2.75, 3.05) is 4.90 Å². The topological polar surface area (TPSA) is 3.24 Å². The largest absolute Gasteiger partial charge is 0.333 e. The van der Waals surface area contributed by atoms with E-state index in [2.05, 4.69) is 202 Å². The lowest BCUT2D eigenvalue weighted by Crippen LogP contribution is -2.28. The second kappa shape index (κ2) is 14.3. The number of hydrogen-bond acceptors (Lipinski definition) is 1. The molecule has 0 radical (unpaired) electrons. The molecule has 1 spiro atoms. The molecule has 1 nitrogen and oxygen atoms in total. The molecule has 7 aromatic carbocycles. The van der Waals surface area contributed by atoms with E-state index in [9.17, 15) is 0 Å². The van der Waals surface area contributed by atoms with Crippen LogP contribution in [0.2, 0.25) is 0 Å². The molecule has 1 heterocycles. The zero-order chi connectivity index (χ0) is 38.5. The Morgan fingerprint density at radius 1 is 0.474 bits per heavy atom. The highest BCUT2D eigenvalue weighted by atomic mass is 15.2. The Kier molecular flexibility index (Phi) is 8.75. The summed E-state index contributed by atoms with van der Waals surface area (Å²) >= 11 is 0. The minimum atomic E-state index is -0.155. The summed E-state index contributed by atoms with van der Waals surface area (Å²) in [5, 5.41) is 0. The van der Waals surface area contributed by atoms with Crippen LogP contribution >= 0.6 is 0 Å². The number of nitrogens with zero attached hydrogens (tertiary/aromatic N) is 1. The van der Waals surface area contributed by atoms with Crippen molar-refractivity contribution in [2.24, 2.45) is 0 Å². The number of aryl methyl sites for hydroxylation is 4. The van der Waals surface area contributed by atoms with Crippen molar-refractivity contribution in [1.82, 2.24) is 0 Å². The second-order valence-corrected chi connectivity index (χ2v) is 16.1. The van der Waals surface area contributed by atoms with Gasteiger partial charge in [-0.05, 0) is 113 Å². The van der Waals surface area contributed by atoms with Crippen LogP contribution in [0.25, 0.3) is 16.7 Å². The minimum absolute atomic E-state index is 0.155. The van der Waals surface area contributed by atoms with Crippen LogP contribution in [0.3, 0.4) is 0 Å². The van der Waals surface area contributed by atoms with Crippen molar-refractivity contribution < 1.29 is 0 Å². The quantitative estimate of drug-likeness (QED) is 0.162. The highest BCUT2D eigenvalue weighted by Gasteiger charge is 2.53. The van der Waals surface area contributed by atoms with Crippen molar-refractivity contribution in [3.05, 3.63) is 255 Å². The molecule has 2 atom stereocenters. The van der Waals surface area contributed by atoms with Crippen LogP contribution in [0.15, 0.2) is 200 Å². The molecule has 0 aromatic heterocycles. The third-order valence-corrected chi connectivity index (χ3v) is 12.7. The fraction of sp³-hybridized carbons (Fsp3) is 0.143. The van der Waals surface area contributed by atoms with Gasteiger partial charge in [0.1, 0.15) is 0 Å². The van der Waals surface area contributed by atoms with Crippen molar-refractivity contribution in [3.8, 4) is 11.1 Å². The summed E-state index contributed by atoms with van der Waals surface area (Å²) in [6.07, 6.45) is 11.2. The Hall–Kier alpha value is -6.44. The Morgan fingerprint density at radius 2 is 1.07 bits per heavy atom. The van der Waals surface area contributed by atoms with Gasteiger partial charge in [-0.3, -0.25) is 0 Å². The summed E-state index contributed by atoms with van der Waals surface area (Å²) in [6, 6.07) is 62.5. The van der Waals surface area contributed by atoms with Crippen LogP contribution in [-0.4, -0.2) is 6.04 Å². The van der Waals surface area contributed by atoms with Crippen LogP contribution in [0.5, 0.6) is 0 Å². The monoisotopic (exact) mass is 733 g/mol. The average molecular weight is 734 g/mol. The predicted octanol–water partition coefficient (Wildman–Crippen LogP) is 13.8. The summed E-state index contributed by atoms with van der Waals surface area (Å²) in [4.78, 5) is 2.46. The normalized spacial score (nSPS) is 17.8. The highest BCUT2D eigenvalue weighted by molar-refractivity contribution is 5.99. The van der Waals surface area contributed by atoms with Gasteiger partial charge < -0.3 is 4.90 Å². The number of anilines is 2. The second-order valence-electron chi connectivity index (χ2n) is 16.1. The van der Waals surface area contributed by atoms with Crippen LogP contribution < -0.4 is 4.90 Å². The van der Waals surface area contributed by atoms with Gasteiger partial charge in [-0.2, -0.15) is 0 Å². The molecule has 2 unspecified atom stereocenters. The van der Waals surface area contributed by atoms with Crippen LogP contribution in [0.4, 0.5) is 11.4 Å². The molecule has 0 N–H and O–H groups in total. The number of para-hydroxylation sites is 1. The van der Waals surface area contributed by atoms with Gasteiger partial charge in [-0.15, -0.1) is 0 Å². The zero-order valence-corrected chi connectivity index (χ0v) is 33.0. The number of benzene rings is 7. The van der Waals surface area contributed by atoms with Crippen molar-refractivity contribution in [3.63, 3.8) is 0 Å². The molecule has 0 bridgehead atoms. The lowest BCUT2D eigenvalue weighted by atomic mass is 9.67. The molecular formula is C56H47N. The molecule has 57 heavy (non-hydrogen) atoms. The number of hydrogen-bond donors (Lipinski definition) is 0.